The fourth-order valence-electron chi connectivity index (χ4n) is 3.59. The van der Waals surface area contributed by atoms with Crippen molar-refractivity contribution in [1.29, 1.82) is 0 Å². The SMILES string of the molecule is COc1ccccc1CN1C(=O)C(O)=C(C(=O)CC(C)C)C1c1ccc(Cl)cc1. The number of nitrogens with zero attached hydrogens (tertiary/aromatic N) is 1. The first-order valence-corrected chi connectivity index (χ1v) is 9.86. The van der Waals surface area contributed by atoms with Crippen molar-refractivity contribution in [3.8, 4) is 5.75 Å². The van der Waals surface area contributed by atoms with Crippen LogP contribution < -0.4 is 4.74 Å². The van der Waals surface area contributed by atoms with Gasteiger partial charge in [-0.25, -0.2) is 0 Å². The number of para-hydroxylation sites is 1. The summed E-state index contributed by atoms with van der Waals surface area (Å²) < 4.78 is 5.40. The molecule has 0 bridgehead atoms. The lowest BCUT2D eigenvalue weighted by atomic mass is 9.92. The number of Topliss-reactive ketones (excluding diaryl/α,β-unsaturated/α-hetero) is 1. The van der Waals surface area contributed by atoms with Gasteiger partial charge in [-0.15, -0.1) is 0 Å². The van der Waals surface area contributed by atoms with Crippen LogP contribution in [0.15, 0.2) is 59.9 Å². The van der Waals surface area contributed by atoms with E-state index in [1.165, 1.54) is 4.90 Å². The molecule has 29 heavy (non-hydrogen) atoms. The highest BCUT2D eigenvalue weighted by Crippen LogP contribution is 2.40. The predicted molar refractivity (Wildman–Crippen MR) is 112 cm³/mol. The first-order chi connectivity index (χ1) is 13.8. The number of carbonyl (C=O) groups excluding carboxylic acids is 2. The Kier molecular flexibility index (Phi) is 6.28. The Morgan fingerprint density at radius 3 is 2.45 bits per heavy atom. The normalized spacial score (nSPS) is 16.7. The molecule has 6 heteroatoms. The van der Waals surface area contributed by atoms with Crippen molar-refractivity contribution in [1.82, 2.24) is 4.90 Å². The second-order valence-corrected chi connectivity index (χ2v) is 7.92. The minimum Gasteiger partial charge on any atom is -0.503 e. The third-order valence-corrected chi connectivity index (χ3v) is 5.17. The standard InChI is InChI=1S/C23H24ClNO4/c1-14(2)12-18(26)20-21(15-8-10-17(24)11-9-15)25(23(28)22(20)27)13-16-6-4-5-7-19(16)29-3/h4-11,14,21,27H,12-13H2,1-3H3. The lowest BCUT2D eigenvalue weighted by Crippen LogP contribution is -2.31. The smallest absolute Gasteiger partial charge is 0.290 e. The largest absolute Gasteiger partial charge is 0.503 e. The van der Waals surface area contributed by atoms with E-state index in [0.717, 1.165) is 5.56 Å². The Morgan fingerprint density at radius 1 is 1.17 bits per heavy atom. The summed E-state index contributed by atoms with van der Waals surface area (Å²) >= 11 is 6.02. The number of aliphatic hydroxyl groups is 1. The van der Waals surface area contributed by atoms with Crippen molar-refractivity contribution < 1.29 is 19.4 Å². The molecule has 1 N–H and O–H groups in total. The van der Waals surface area contributed by atoms with Gasteiger partial charge in [0.2, 0.25) is 0 Å². The van der Waals surface area contributed by atoms with Gasteiger partial charge in [0.15, 0.2) is 11.5 Å². The molecule has 1 atom stereocenters. The molecule has 0 radical (unpaired) electrons. The number of hydrogen-bond donors (Lipinski definition) is 1. The van der Waals surface area contributed by atoms with Crippen LogP contribution in [0.25, 0.3) is 0 Å². The summed E-state index contributed by atoms with van der Waals surface area (Å²) in [6, 6.07) is 13.7. The molecule has 0 saturated heterocycles. The number of hydrogen-bond acceptors (Lipinski definition) is 4. The highest BCUT2D eigenvalue weighted by molar-refractivity contribution is 6.30. The number of ether oxygens (including phenoxy) is 1. The average molecular weight is 414 g/mol. The third kappa shape index (κ3) is 4.30. The Bertz CT molecular complexity index is 950. The monoisotopic (exact) mass is 413 g/mol. The molecule has 2 aromatic rings. The second kappa shape index (κ2) is 8.70. The quantitative estimate of drug-likeness (QED) is 0.703. The Hall–Kier alpha value is -2.79. The number of methoxy groups -OCH3 is 1. The van der Waals surface area contributed by atoms with Crippen molar-refractivity contribution in [2.75, 3.05) is 7.11 Å². The highest BCUT2D eigenvalue weighted by atomic mass is 35.5. The predicted octanol–water partition coefficient (Wildman–Crippen LogP) is 4.86. The number of amides is 1. The van der Waals surface area contributed by atoms with Crippen molar-refractivity contribution in [2.45, 2.75) is 32.9 Å². The van der Waals surface area contributed by atoms with E-state index in [1.807, 2.05) is 38.1 Å². The van der Waals surface area contributed by atoms with Crippen LogP contribution in [-0.4, -0.2) is 28.8 Å². The summed E-state index contributed by atoms with van der Waals surface area (Å²) in [6.45, 7) is 4.05. The summed E-state index contributed by atoms with van der Waals surface area (Å²) in [5.41, 5.74) is 1.64. The molecule has 5 nitrogen and oxygen atoms in total. The molecule has 1 unspecified atom stereocenters. The molecule has 1 amide bonds. The van der Waals surface area contributed by atoms with Crippen molar-refractivity contribution >= 4 is 23.3 Å². The van der Waals surface area contributed by atoms with E-state index in [0.29, 0.717) is 16.3 Å². The maximum absolute atomic E-state index is 13.0. The molecule has 0 fully saturated rings. The molecule has 1 heterocycles. The van der Waals surface area contributed by atoms with Gasteiger partial charge in [0, 0.05) is 17.0 Å². The number of benzene rings is 2. The van der Waals surface area contributed by atoms with Crippen molar-refractivity contribution in [2.24, 2.45) is 5.92 Å². The minimum atomic E-state index is -0.684. The lowest BCUT2D eigenvalue weighted by molar-refractivity contribution is -0.130. The molecule has 1 aliphatic rings. The first-order valence-electron chi connectivity index (χ1n) is 9.48. The number of ketones is 1. The molecule has 0 aromatic heterocycles. The fourth-order valence-corrected chi connectivity index (χ4v) is 3.72. The third-order valence-electron chi connectivity index (χ3n) is 4.92. The zero-order valence-corrected chi connectivity index (χ0v) is 17.4. The summed E-state index contributed by atoms with van der Waals surface area (Å²) in [7, 11) is 1.56. The van der Waals surface area contributed by atoms with E-state index < -0.39 is 17.7 Å². The molecule has 0 spiro atoms. The molecule has 0 aliphatic carbocycles. The zero-order chi connectivity index (χ0) is 21.1. The van der Waals surface area contributed by atoms with Gasteiger partial charge >= 0.3 is 0 Å². The summed E-state index contributed by atoms with van der Waals surface area (Å²) in [6.07, 6.45) is 0.249. The molecule has 0 saturated carbocycles. The van der Waals surface area contributed by atoms with Crippen LogP contribution in [0.3, 0.4) is 0 Å². The maximum Gasteiger partial charge on any atom is 0.290 e. The first kappa shape index (κ1) is 20.9. The van der Waals surface area contributed by atoms with Gasteiger partial charge in [0.05, 0.1) is 25.3 Å². The number of aliphatic hydroxyl groups excluding tert-OH is 1. The summed E-state index contributed by atoms with van der Waals surface area (Å²) in [5, 5.41) is 11.2. The molecule has 1 aliphatic heterocycles. The zero-order valence-electron chi connectivity index (χ0n) is 16.7. The molecule has 152 valence electrons. The Labute approximate surface area is 175 Å². The summed E-state index contributed by atoms with van der Waals surface area (Å²) in [5.74, 6) is -0.537. The second-order valence-electron chi connectivity index (χ2n) is 7.48. The van der Waals surface area contributed by atoms with E-state index in [4.69, 9.17) is 16.3 Å². The average Bonchev–Trinajstić information content (AvgIpc) is 2.93. The van der Waals surface area contributed by atoms with Gasteiger partial charge in [-0.3, -0.25) is 9.59 Å². The van der Waals surface area contributed by atoms with Gasteiger partial charge < -0.3 is 14.7 Å². The van der Waals surface area contributed by atoms with Crippen LogP contribution in [0.1, 0.15) is 37.4 Å². The van der Waals surface area contributed by atoms with E-state index in [9.17, 15) is 14.7 Å². The molecule has 3 rings (SSSR count). The van der Waals surface area contributed by atoms with Crippen molar-refractivity contribution in [3.05, 3.63) is 76.0 Å². The van der Waals surface area contributed by atoms with E-state index in [2.05, 4.69) is 0 Å². The van der Waals surface area contributed by atoms with Gasteiger partial charge in [0.1, 0.15) is 5.75 Å². The van der Waals surface area contributed by atoms with Gasteiger partial charge in [-0.2, -0.15) is 0 Å². The van der Waals surface area contributed by atoms with Crippen LogP contribution in [0.5, 0.6) is 5.75 Å². The minimum absolute atomic E-state index is 0.104. The van der Waals surface area contributed by atoms with Crippen LogP contribution in [-0.2, 0) is 16.1 Å². The number of halogens is 1. The summed E-state index contributed by atoms with van der Waals surface area (Å²) in [4.78, 5) is 27.4. The van der Waals surface area contributed by atoms with Gasteiger partial charge in [0.25, 0.3) is 5.91 Å². The Balaban J connectivity index is 2.06. The number of carbonyl (C=O) groups is 2. The molecular weight excluding hydrogens is 390 g/mol. The van der Waals surface area contributed by atoms with Crippen LogP contribution in [0, 0.1) is 5.92 Å². The van der Waals surface area contributed by atoms with E-state index in [1.54, 1.807) is 31.4 Å². The van der Waals surface area contributed by atoms with Crippen LogP contribution in [0.2, 0.25) is 5.02 Å². The Morgan fingerprint density at radius 2 is 1.83 bits per heavy atom. The van der Waals surface area contributed by atoms with Gasteiger partial charge in [-0.05, 0) is 29.7 Å². The van der Waals surface area contributed by atoms with Crippen molar-refractivity contribution in [3.63, 3.8) is 0 Å². The lowest BCUT2D eigenvalue weighted by Gasteiger charge is -2.27. The highest BCUT2D eigenvalue weighted by Gasteiger charge is 2.43. The molecular formula is C23H24ClNO4. The number of rotatable bonds is 7. The maximum atomic E-state index is 13.0. The van der Waals surface area contributed by atoms with Crippen LogP contribution >= 0.6 is 11.6 Å². The molecule has 2 aromatic carbocycles. The van der Waals surface area contributed by atoms with Crippen LogP contribution in [0.4, 0.5) is 0 Å². The van der Waals surface area contributed by atoms with E-state index in [-0.39, 0.29) is 30.2 Å². The van der Waals surface area contributed by atoms with Gasteiger partial charge in [-0.1, -0.05) is 55.8 Å². The van der Waals surface area contributed by atoms with E-state index >= 15 is 0 Å². The topological polar surface area (TPSA) is 66.8 Å². The fraction of sp³-hybridized carbons (Fsp3) is 0.304.